The Morgan fingerprint density at radius 3 is 2.46 bits per heavy atom. The molecule has 2 N–H and O–H groups in total. The lowest BCUT2D eigenvalue weighted by molar-refractivity contribution is -0.384. The van der Waals surface area contributed by atoms with Crippen molar-refractivity contribution >= 4 is 11.6 Å². The average molecular weight is 332 g/mol. The minimum absolute atomic E-state index is 0.169. The molecule has 0 saturated carbocycles. The van der Waals surface area contributed by atoms with Crippen LogP contribution in [0, 0.1) is 22.9 Å². The van der Waals surface area contributed by atoms with Crippen molar-refractivity contribution in [1.82, 2.24) is 5.32 Å². The summed E-state index contributed by atoms with van der Waals surface area (Å²) in [4.78, 5) is 22.6. The predicted octanol–water partition coefficient (Wildman–Crippen LogP) is 2.89. The van der Waals surface area contributed by atoms with Crippen molar-refractivity contribution in [3.05, 3.63) is 75.1 Å². The monoisotopic (exact) mass is 332 g/mol. The number of carbonyl (C=O) groups excluding carboxylic acids is 1. The predicted molar refractivity (Wildman–Crippen MR) is 86.1 cm³/mol. The van der Waals surface area contributed by atoms with Crippen molar-refractivity contribution in [3.63, 3.8) is 0 Å². The van der Waals surface area contributed by atoms with Gasteiger partial charge in [-0.25, -0.2) is 4.39 Å². The number of benzene rings is 2. The first-order valence-corrected chi connectivity index (χ1v) is 7.29. The third-order valence-corrected chi connectivity index (χ3v) is 3.72. The van der Waals surface area contributed by atoms with Gasteiger partial charge in [-0.2, -0.15) is 0 Å². The number of carbonyl (C=O) groups is 1. The molecule has 0 bridgehead atoms. The third kappa shape index (κ3) is 3.94. The number of aliphatic hydroxyl groups excluding tert-OH is 1. The molecule has 7 heteroatoms. The Labute approximate surface area is 138 Å². The van der Waals surface area contributed by atoms with Gasteiger partial charge in [0.15, 0.2) is 0 Å². The first-order valence-electron chi connectivity index (χ1n) is 7.29. The van der Waals surface area contributed by atoms with E-state index in [1.54, 1.807) is 13.8 Å². The van der Waals surface area contributed by atoms with E-state index >= 15 is 0 Å². The number of non-ortho nitro benzene ring substituents is 1. The first-order chi connectivity index (χ1) is 11.3. The molecule has 0 radical (unpaired) electrons. The summed E-state index contributed by atoms with van der Waals surface area (Å²) >= 11 is 0. The minimum Gasteiger partial charge on any atom is -0.386 e. The molecule has 6 nitrogen and oxygen atoms in total. The summed E-state index contributed by atoms with van der Waals surface area (Å²) < 4.78 is 12.9. The van der Waals surface area contributed by atoms with E-state index in [9.17, 15) is 24.4 Å². The van der Waals surface area contributed by atoms with E-state index < -0.39 is 28.8 Å². The Kier molecular flexibility index (Phi) is 5.25. The Morgan fingerprint density at radius 2 is 1.88 bits per heavy atom. The molecule has 2 rings (SSSR count). The van der Waals surface area contributed by atoms with Crippen LogP contribution in [0.2, 0.25) is 0 Å². The molecule has 0 aliphatic carbocycles. The number of nitrogens with one attached hydrogen (secondary N) is 1. The number of rotatable bonds is 5. The SMILES string of the molecule is Cc1ccc([N+](=O)[O-])cc1C(=O)NC(C)C(O)c1ccc(F)cc1. The van der Waals surface area contributed by atoms with E-state index in [1.165, 1.54) is 42.5 Å². The number of hydrogen-bond acceptors (Lipinski definition) is 4. The van der Waals surface area contributed by atoms with Crippen LogP contribution in [0.4, 0.5) is 10.1 Å². The van der Waals surface area contributed by atoms with Crippen molar-refractivity contribution in [2.24, 2.45) is 0 Å². The number of aliphatic hydroxyl groups is 1. The van der Waals surface area contributed by atoms with Crippen LogP contribution < -0.4 is 5.32 Å². The minimum atomic E-state index is -1.03. The van der Waals surface area contributed by atoms with Crippen molar-refractivity contribution in [3.8, 4) is 0 Å². The normalized spacial score (nSPS) is 13.2. The van der Waals surface area contributed by atoms with E-state index in [1.807, 2.05) is 0 Å². The van der Waals surface area contributed by atoms with E-state index in [0.717, 1.165) is 0 Å². The lowest BCUT2D eigenvalue weighted by Gasteiger charge is -2.21. The topological polar surface area (TPSA) is 92.5 Å². The Balaban J connectivity index is 2.15. The van der Waals surface area contributed by atoms with Gasteiger partial charge < -0.3 is 10.4 Å². The Bertz CT molecular complexity index is 762. The molecule has 0 aliphatic rings. The lowest BCUT2D eigenvalue weighted by Crippen LogP contribution is -2.37. The maximum Gasteiger partial charge on any atom is 0.270 e. The Morgan fingerprint density at radius 1 is 1.25 bits per heavy atom. The summed E-state index contributed by atoms with van der Waals surface area (Å²) in [5.41, 5.74) is 1.03. The van der Waals surface area contributed by atoms with Crippen LogP contribution in [0.15, 0.2) is 42.5 Å². The fourth-order valence-corrected chi connectivity index (χ4v) is 2.28. The molecule has 1 amide bonds. The quantitative estimate of drug-likeness (QED) is 0.650. The van der Waals surface area contributed by atoms with Crippen molar-refractivity contribution < 1.29 is 19.2 Å². The second-order valence-corrected chi connectivity index (χ2v) is 5.51. The van der Waals surface area contributed by atoms with Gasteiger partial charge in [0.05, 0.1) is 17.1 Å². The highest BCUT2D eigenvalue weighted by Crippen LogP contribution is 2.20. The Hall–Kier alpha value is -2.80. The zero-order valence-electron chi connectivity index (χ0n) is 13.2. The van der Waals surface area contributed by atoms with Gasteiger partial charge in [0.1, 0.15) is 5.82 Å². The maximum absolute atomic E-state index is 12.9. The summed E-state index contributed by atoms with van der Waals surface area (Å²) in [6.45, 7) is 3.26. The molecule has 2 aromatic rings. The van der Waals surface area contributed by atoms with E-state index in [-0.39, 0.29) is 11.3 Å². The van der Waals surface area contributed by atoms with Gasteiger partial charge in [-0.1, -0.05) is 18.2 Å². The third-order valence-electron chi connectivity index (χ3n) is 3.72. The molecule has 0 saturated heterocycles. The van der Waals surface area contributed by atoms with Gasteiger partial charge in [0.2, 0.25) is 0 Å². The fraction of sp³-hybridized carbons (Fsp3) is 0.235. The molecule has 126 valence electrons. The van der Waals surface area contributed by atoms with Gasteiger partial charge >= 0.3 is 0 Å². The standard InChI is InChI=1S/C17H17FN2O4/c1-10-3-8-14(20(23)24)9-15(10)17(22)19-11(2)16(21)12-4-6-13(18)7-5-12/h3-9,11,16,21H,1-2H3,(H,19,22). The van der Waals surface area contributed by atoms with E-state index in [2.05, 4.69) is 5.32 Å². The molecular weight excluding hydrogens is 315 g/mol. The number of nitro groups is 1. The first kappa shape index (κ1) is 17.6. The van der Waals surface area contributed by atoms with E-state index in [4.69, 9.17) is 0 Å². The molecule has 0 fully saturated rings. The second kappa shape index (κ2) is 7.18. The molecule has 0 aromatic heterocycles. The van der Waals surface area contributed by atoms with Gasteiger partial charge in [-0.3, -0.25) is 14.9 Å². The fourth-order valence-electron chi connectivity index (χ4n) is 2.28. The van der Waals surface area contributed by atoms with Crippen LogP contribution in [0.5, 0.6) is 0 Å². The summed E-state index contributed by atoms with van der Waals surface area (Å²) in [6, 6.07) is 8.65. The number of hydrogen-bond donors (Lipinski definition) is 2. The van der Waals surface area contributed by atoms with Gasteiger partial charge in [0.25, 0.3) is 11.6 Å². The highest BCUT2D eigenvalue weighted by atomic mass is 19.1. The van der Waals surface area contributed by atoms with Crippen molar-refractivity contribution in [2.45, 2.75) is 26.0 Å². The van der Waals surface area contributed by atoms with Crippen molar-refractivity contribution in [2.75, 3.05) is 0 Å². The number of aryl methyl sites for hydroxylation is 1. The van der Waals surface area contributed by atoms with Crippen LogP contribution in [0.3, 0.4) is 0 Å². The average Bonchev–Trinajstić information content (AvgIpc) is 2.54. The molecular formula is C17H17FN2O4. The van der Waals surface area contributed by atoms with Crippen LogP contribution in [-0.2, 0) is 0 Å². The van der Waals surface area contributed by atoms with Crippen LogP contribution in [0.1, 0.15) is 34.5 Å². The molecule has 2 atom stereocenters. The van der Waals surface area contributed by atoms with Crippen LogP contribution in [0.25, 0.3) is 0 Å². The lowest BCUT2D eigenvalue weighted by atomic mass is 10.0. The molecule has 2 aromatic carbocycles. The summed E-state index contributed by atoms with van der Waals surface area (Å²) in [5, 5.41) is 23.7. The zero-order chi connectivity index (χ0) is 17.9. The number of nitrogens with zero attached hydrogens (tertiary/aromatic N) is 1. The van der Waals surface area contributed by atoms with Crippen LogP contribution >= 0.6 is 0 Å². The highest BCUT2D eigenvalue weighted by molar-refractivity contribution is 5.96. The maximum atomic E-state index is 12.9. The van der Waals surface area contributed by atoms with Gasteiger partial charge in [-0.05, 0) is 37.1 Å². The molecule has 2 unspecified atom stereocenters. The molecule has 0 heterocycles. The largest absolute Gasteiger partial charge is 0.386 e. The number of amides is 1. The smallest absolute Gasteiger partial charge is 0.270 e. The summed E-state index contributed by atoms with van der Waals surface area (Å²) in [5.74, 6) is -0.945. The van der Waals surface area contributed by atoms with Crippen LogP contribution in [-0.4, -0.2) is 22.0 Å². The van der Waals surface area contributed by atoms with Crippen molar-refractivity contribution in [1.29, 1.82) is 0 Å². The molecule has 24 heavy (non-hydrogen) atoms. The van der Waals surface area contributed by atoms with Gasteiger partial charge in [0, 0.05) is 17.7 Å². The van der Waals surface area contributed by atoms with Gasteiger partial charge in [-0.15, -0.1) is 0 Å². The summed E-state index contributed by atoms with van der Waals surface area (Å²) in [6.07, 6.45) is -1.03. The second-order valence-electron chi connectivity index (χ2n) is 5.51. The molecule has 0 spiro atoms. The number of halogens is 1. The highest BCUT2D eigenvalue weighted by Gasteiger charge is 2.21. The summed E-state index contributed by atoms with van der Waals surface area (Å²) in [7, 11) is 0. The number of nitro benzene ring substituents is 1. The molecule has 0 aliphatic heterocycles. The zero-order valence-corrected chi connectivity index (χ0v) is 13.2. The van der Waals surface area contributed by atoms with E-state index in [0.29, 0.717) is 11.1 Å².